The molecule has 0 bridgehead atoms. The predicted octanol–water partition coefficient (Wildman–Crippen LogP) is 2.07. The lowest BCUT2D eigenvalue weighted by Crippen LogP contribution is -2.40. The van der Waals surface area contributed by atoms with Gasteiger partial charge in [-0.05, 0) is 39.0 Å². The van der Waals surface area contributed by atoms with Crippen molar-refractivity contribution < 1.29 is 9.53 Å². The molecule has 0 fully saturated rings. The van der Waals surface area contributed by atoms with Gasteiger partial charge >= 0.3 is 0 Å². The Labute approximate surface area is 120 Å². The normalized spacial score (nSPS) is 13.9. The first-order valence-corrected chi connectivity index (χ1v) is 7.06. The van der Waals surface area contributed by atoms with E-state index >= 15 is 0 Å². The van der Waals surface area contributed by atoms with E-state index < -0.39 is 0 Å². The van der Waals surface area contributed by atoms with E-state index in [1.807, 2.05) is 39.0 Å². The molecular formula is C15H23N3O2. The highest BCUT2D eigenvalue weighted by Gasteiger charge is 2.19. The maximum absolute atomic E-state index is 12.2. The number of benzene rings is 1. The molecule has 0 atom stereocenters. The average Bonchev–Trinajstić information content (AvgIpc) is 2.44. The summed E-state index contributed by atoms with van der Waals surface area (Å²) >= 11 is 0. The molecule has 1 aromatic carbocycles. The smallest absolute Gasteiger partial charge is 0.251 e. The van der Waals surface area contributed by atoms with Crippen molar-refractivity contribution in [2.75, 3.05) is 36.9 Å². The van der Waals surface area contributed by atoms with Gasteiger partial charge in [-0.1, -0.05) is 0 Å². The zero-order valence-corrected chi connectivity index (χ0v) is 12.4. The molecule has 0 aliphatic carbocycles. The predicted molar refractivity (Wildman–Crippen MR) is 81.5 cm³/mol. The molecule has 0 unspecified atom stereocenters. The Balaban J connectivity index is 1.99. The van der Waals surface area contributed by atoms with E-state index in [-0.39, 0.29) is 11.5 Å². The lowest BCUT2D eigenvalue weighted by atomic mass is 10.1. The summed E-state index contributed by atoms with van der Waals surface area (Å²) in [5.74, 6) is -0.0760. The van der Waals surface area contributed by atoms with Gasteiger partial charge in [-0.2, -0.15) is 0 Å². The van der Waals surface area contributed by atoms with Gasteiger partial charge in [0.25, 0.3) is 5.91 Å². The van der Waals surface area contributed by atoms with Gasteiger partial charge in [0, 0.05) is 31.8 Å². The molecule has 2 rings (SSSR count). The molecule has 0 saturated carbocycles. The molecule has 0 spiro atoms. The topological polar surface area (TPSA) is 62.4 Å². The van der Waals surface area contributed by atoms with Gasteiger partial charge in [0.1, 0.15) is 0 Å². The summed E-state index contributed by atoms with van der Waals surface area (Å²) in [5.41, 5.74) is 2.33. The van der Waals surface area contributed by atoms with Crippen molar-refractivity contribution in [2.24, 2.45) is 0 Å². The standard InChI is InChI=1S/C15H23N3O2/c1-4-20-15(2,3)10-18-14(19)11-5-6-12-13(9-11)17-8-7-16-12/h5-6,9,16-17H,4,7-8,10H2,1-3H3,(H,18,19). The minimum atomic E-state index is -0.349. The van der Waals surface area contributed by atoms with Crippen LogP contribution in [-0.4, -0.2) is 37.7 Å². The summed E-state index contributed by atoms with van der Waals surface area (Å²) in [5, 5.41) is 9.49. The quantitative estimate of drug-likeness (QED) is 0.771. The van der Waals surface area contributed by atoms with E-state index in [1.54, 1.807) is 0 Å². The molecule has 0 radical (unpaired) electrons. The minimum absolute atomic E-state index is 0.0760. The van der Waals surface area contributed by atoms with Gasteiger partial charge in [0.15, 0.2) is 0 Å². The van der Waals surface area contributed by atoms with Crippen LogP contribution in [-0.2, 0) is 4.74 Å². The summed E-state index contributed by atoms with van der Waals surface area (Å²) in [6, 6.07) is 5.65. The van der Waals surface area contributed by atoms with Crippen LogP contribution >= 0.6 is 0 Å². The SMILES string of the molecule is CCOC(C)(C)CNC(=O)c1ccc2c(c1)NCCN2. The Kier molecular flexibility index (Phi) is 4.49. The summed E-state index contributed by atoms with van der Waals surface area (Å²) < 4.78 is 5.57. The Morgan fingerprint density at radius 3 is 2.70 bits per heavy atom. The summed E-state index contributed by atoms with van der Waals surface area (Å²) in [7, 11) is 0. The summed E-state index contributed by atoms with van der Waals surface area (Å²) in [4.78, 5) is 12.2. The zero-order valence-electron chi connectivity index (χ0n) is 12.4. The monoisotopic (exact) mass is 277 g/mol. The number of carbonyl (C=O) groups excluding carboxylic acids is 1. The third-order valence-electron chi connectivity index (χ3n) is 3.25. The highest BCUT2D eigenvalue weighted by atomic mass is 16.5. The fourth-order valence-electron chi connectivity index (χ4n) is 2.22. The van der Waals surface area contributed by atoms with E-state index in [4.69, 9.17) is 4.74 Å². The molecule has 1 aromatic rings. The minimum Gasteiger partial charge on any atom is -0.382 e. The number of anilines is 2. The molecule has 1 amide bonds. The summed E-state index contributed by atoms with van der Waals surface area (Å²) in [6.45, 7) is 8.78. The van der Waals surface area contributed by atoms with Crippen LogP contribution < -0.4 is 16.0 Å². The Morgan fingerprint density at radius 1 is 1.30 bits per heavy atom. The highest BCUT2D eigenvalue weighted by molar-refractivity contribution is 5.96. The van der Waals surface area contributed by atoms with Crippen molar-refractivity contribution in [1.82, 2.24) is 5.32 Å². The number of carbonyl (C=O) groups is 1. The molecule has 0 aromatic heterocycles. The van der Waals surface area contributed by atoms with Crippen molar-refractivity contribution in [3.05, 3.63) is 23.8 Å². The second-order valence-corrected chi connectivity index (χ2v) is 5.49. The Morgan fingerprint density at radius 2 is 2.00 bits per heavy atom. The first-order valence-electron chi connectivity index (χ1n) is 7.06. The third kappa shape index (κ3) is 3.63. The zero-order chi connectivity index (χ0) is 14.6. The molecule has 1 aliphatic rings. The van der Waals surface area contributed by atoms with E-state index in [0.717, 1.165) is 24.5 Å². The number of nitrogens with one attached hydrogen (secondary N) is 3. The molecule has 0 saturated heterocycles. The number of hydrogen-bond donors (Lipinski definition) is 3. The van der Waals surface area contributed by atoms with Crippen LogP contribution in [0.1, 0.15) is 31.1 Å². The summed E-state index contributed by atoms with van der Waals surface area (Å²) in [6.07, 6.45) is 0. The van der Waals surface area contributed by atoms with Crippen LogP contribution in [0.5, 0.6) is 0 Å². The van der Waals surface area contributed by atoms with Crippen molar-refractivity contribution in [3.63, 3.8) is 0 Å². The number of ether oxygens (including phenoxy) is 1. The van der Waals surface area contributed by atoms with Crippen LogP contribution in [0.4, 0.5) is 11.4 Å². The van der Waals surface area contributed by atoms with Gasteiger partial charge in [-0.3, -0.25) is 4.79 Å². The van der Waals surface area contributed by atoms with Crippen LogP contribution in [0.15, 0.2) is 18.2 Å². The molecule has 3 N–H and O–H groups in total. The molecule has 110 valence electrons. The maximum atomic E-state index is 12.2. The number of amides is 1. The lowest BCUT2D eigenvalue weighted by molar-refractivity contribution is -0.00815. The van der Waals surface area contributed by atoms with Gasteiger partial charge in [-0.25, -0.2) is 0 Å². The van der Waals surface area contributed by atoms with E-state index in [2.05, 4.69) is 16.0 Å². The highest BCUT2D eigenvalue weighted by Crippen LogP contribution is 2.25. The molecule has 1 heterocycles. The second-order valence-electron chi connectivity index (χ2n) is 5.49. The largest absolute Gasteiger partial charge is 0.382 e. The van der Waals surface area contributed by atoms with Gasteiger partial charge in [0.2, 0.25) is 0 Å². The molecule has 20 heavy (non-hydrogen) atoms. The molecule has 1 aliphatic heterocycles. The Hall–Kier alpha value is -1.75. The first-order chi connectivity index (χ1) is 9.52. The van der Waals surface area contributed by atoms with E-state index in [1.165, 1.54) is 0 Å². The molecule has 5 heteroatoms. The van der Waals surface area contributed by atoms with Gasteiger partial charge in [-0.15, -0.1) is 0 Å². The van der Waals surface area contributed by atoms with E-state index in [9.17, 15) is 4.79 Å². The van der Waals surface area contributed by atoms with Gasteiger partial charge in [0.05, 0.1) is 17.0 Å². The molecular weight excluding hydrogens is 254 g/mol. The fraction of sp³-hybridized carbons (Fsp3) is 0.533. The number of rotatable bonds is 5. The van der Waals surface area contributed by atoms with Crippen LogP contribution in [0, 0.1) is 0 Å². The van der Waals surface area contributed by atoms with Crippen LogP contribution in [0.2, 0.25) is 0 Å². The first kappa shape index (κ1) is 14.7. The number of fused-ring (bicyclic) bond motifs is 1. The number of hydrogen-bond acceptors (Lipinski definition) is 4. The third-order valence-corrected chi connectivity index (χ3v) is 3.25. The molecule has 5 nitrogen and oxygen atoms in total. The van der Waals surface area contributed by atoms with Crippen molar-refractivity contribution in [2.45, 2.75) is 26.4 Å². The van der Waals surface area contributed by atoms with Crippen LogP contribution in [0.3, 0.4) is 0 Å². The van der Waals surface area contributed by atoms with Crippen molar-refractivity contribution in [1.29, 1.82) is 0 Å². The average molecular weight is 277 g/mol. The fourth-order valence-corrected chi connectivity index (χ4v) is 2.22. The maximum Gasteiger partial charge on any atom is 0.251 e. The second kappa shape index (κ2) is 6.13. The lowest BCUT2D eigenvalue weighted by Gasteiger charge is -2.25. The Bertz CT molecular complexity index is 486. The van der Waals surface area contributed by atoms with E-state index in [0.29, 0.717) is 18.7 Å². The van der Waals surface area contributed by atoms with Crippen molar-refractivity contribution >= 4 is 17.3 Å². The van der Waals surface area contributed by atoms with Crippen molar-refractivity contribution in [3.8, 4) is 0 Å². The van der Waals surface area contributed by atoms with Crippen LogP contribution in [0.25, 0.3) is 0 Å². The van der Waals surface area contributed by atoms with Gasteiger partial charge < -0.3 is 20.7 Å².